The number of hydrogen-bond donors (Lipinski definition) is 2. The molecule has 1 amide bonds. The van der Waals surface area contributed by atoms with E-state index in [1.807, 2.05) is 0 Å². The summed E-state index contributed by atoms with van der Waals surface area (Å²) < 4.78 is 31.7. The molecule has 140 valence electrons. The summed E-state index contributed by atoms with van der Waals surface area (Å²) in [5.41, 5.74) is 6.18. The molecule has 0 bridgehead atoms. The van der Waals surface area contributed by atoms with E-state index in [2.05, 4.69) is 13.0 Å². The molecule has 25 heavy (non-hydrogen) atoms. The number of hydrogen-bond acceptors (Lipinski definition) is 4. The Balaban J connectivity index is 0.000000277. The van der Waals surface area contributed by atoms with E-state index in [9.17, 15) is 18.0 Å². The summed E-state index contributed by atoms with van der Waals surface area (Å²) in [5.74, 6) is -2.16. The maximum Gasteiger partial charge on any atom is 0.490 e. The highest BCUT2D eigenvalue weighted by Gasteiger charge is 2.56. The van der Waals surface area contributed by atoms with E-state index in [0.29, 0.717) is 12.0 Å². The summed E-state index contributed by atoms with van der Waals surface area (Å²) in [6.07, 6.45) is 1.28. The van der Waals surface area contributed by atoms with Crippen molar-refractivity contribution in [3.63, 3.8) is 0 Å². The fourth-order valence-corrected chi connectivity index (χ4v) is 3.84. The number of amides is 1. The van der Waals surface area contributed by atoms with E-state index in [0.717, 1.165) is 25.7 Å². The van der Waals surface area contributed by atoms with Crippen molar-refractivity contribution in [3.8, 4) is 6.07 Å². The van der Waals surface area contributed by atoms with Crippen molar-refractivity contribution in [2.24, 2.45) is 17.1 Å². The van der Waals surface area contributed by atoms with Crippen LogP contribution in [0.15, 0.2) is 0 Å². The van der Waals surface area contributed by atoms with Crippen LogP contribution < -0.4 is 5.73 Å². The molecule has 0 spiro atoms. The molecule has 3 N–H and O–H groups in total. The second-order valence-corrected chi connectivity index (χ2v) is 7.33. The van der Waals surface area contributed by atoms with Crippen LogP contribution in [0.1, 0.15) is 45.4 Å². The number of fused-ring (bicyclic) bond motifs is 1. The molecule has 1 aliphatic heterocycles. The average Bonchev–Trinajstić information content (AvgIpc) is 2.98. The predicted molar refractivity (Wildman–Crippen MR) is 81.0 cm³/mol. The van der Waals surface area contributed by atoms with Gasteiger partial charge >= 0.3 is 12.1 Å². The highest BCUT2D eigenvalue weighted by atomic mass is 19.4. The predicted octanol–water partition coefficient (Wildman–Crippen LogP) is 2.04. The summed E-state index contributed by atoms with van der Waals surface area (Å²) in [6.45, 7) is 2.13. The molecule has 1 heterocycles. The monoisotopic (exact) mass is 361 g/mol. The first-order valence-electron chi connectivity index (χ1n) is 8.29. The minimum Gasteiger partial charge on any atom is -0.475 e. The minimum atomic E-state index is -5.08. The number of aliphatic carboxylic acids is 1. The Morgan fingerprint density at radius 2 is 1.84 bits per heavy atom. The Bertz CT molecular complexity index is 581. The number of nitrogens with zero attached hydrogens (tertiary/aromatic N) is 2. The molecule has 0 aromatic heterocycles. The van der Waals surface area contributed by atoms with Gasteiger partial charge in [-0.25, -0.2) is 4.79 Å². The lowest BCUT2D eigenvalue weighted by atomic mass is 9.80. The van der Waals surface area contributed by atoms with Gasteiger partial charge < -0.3 is 15.7 Å². The Kier molecular flexibility index (Phi) is 5.33. The van der Waals surface area contributed by atoms with Gasteiger partial charge in [-0.15, -0.1) is 0 Å². The second kappa shape index (κ2) is 6.83. The maximum atomic E-state index is 12.6. The normalized spacial score (nSPS) is 30.6. The Labute approximate surface area is 143 Å². The zero-order chi connectivity index (χ0) is 19.0. The lowest BCUT2D eigenvalue weighted by Crippen LogP contribution is -2.53. The molecule has 0 aromatic rings. The van der Waals surface area contributed by atoms with Gasteiger partial charge in [-0.1, -0.05) is 19.8 Å². The van der Waals surface area contributed by atoms with Gasteiger partial charge in [0.15, 0.2) is 0 Å². The minimum absolute atomic E-state index is 0.0240. The number of carbonyl (C=O) groups is 2. The molecule has 2 unspecified atom stereocenters. The van der Waals surface area contributed by atoms with Gasteiger partial charge in [0, 0.05) is 6.04 Å². The second-order valence-electron chi connectivity index (χ2n) is 7.33. The van der Waals surface area contributed by atoms with E-state index in [-0.39, 0.29) is 17.4 Å². The molecule has 4 atom stereocenters. The SMILES string of the molecule is CC1(C(N)C(=O)N2C(C#N)C[C@@H]3C[C@@H]32)CCCC1.O=C(O)C(F)(F)F. The fourth-order valence-electron chi connectivity index (χ4n) is 3.84. The summed E-state index contributed by atoms with van der Waals surface area (Å²) in [5, 5.41) is 16.3. The van der Waals surface area contributed by atoms with E-state index in [1.54, 1.807) is 4.90 Å². The van der Waals surface area contributed by atoms with Crippen molar-refractivity contribution < 1.29 is 27.9 Å². The van der Waals surface area contributed by atoms with Crippen LogP contribution in [0.3, 0.4) is 0 Å². The van der Waals surface area contributed by atoms with Crippen molar-refractivity contribution in [2.75, 3.05) is 0 Å². The van der Waals surface area contributed by atoms with Crippen LogP contribution in [-0.4, -0.2) is 46.2 Å². The molecular weight excluding hydrogens is 339 g/mol. The number of piperidine rings is 1. The zero-order valence-corrected chi connectivity index (χ0v) is 13.9. The highest BCUT2D eigenvalue weighted by Crippen LogP contribution is 2.49. The molecular formula is C16H22F3N3O3. The van der Waals surface area contributed by atoms with Gasteiger partial charge in [0.1, 0.15) is 6.04 Å². The summed E-state index contributed by atoms with van der Waals surface area (Å²) in [7, 11) is 0. The molecule has 2 aliphatic carbocycles. The fraction of sp³-hybridized carbons (Fsp3) is 0.812. The highest BCUT2D eigenvalue weighted by molar-refractivity contribution is 5.84. The van der Waals surface area contributed by atoms with Gasteiger partial charge in [0.05, 0.1) is 12.1 Å². The average molecular weight is 361 g/mol. The lowest BCUT2D eigenvalue weighted by molar-refractivity contribution is -0.192. The quantitative estimate of drug-likeness (QED) is 0.783. The first-order chi connectivity index (χ1) is 11.5. The number of carboxylic acids is 1. The molecule has 9 heteroatoms. The Hall–Kier alpha value is -1.82. The zero-order valence-electron chi connectivity index (χ0n) is 13.9. The topological polar surface area (TPSA) is 107 Å². The third kappa shape index (κ3) is 4.06. The number of halogens is 3. The number of alkyl halides is 3. The number of rotatable bonds is 2. The van der Waals surface area contributed by atoms with Crippen molar-refractivity contribution >= 4 is 11.9 Å². The number of nitrogens with two attached hydrogens (primary N) is 1. The third-order valence-electron chi connectivity index (χ3n) is 5.51. The third-order valence-corrected chi connectivity index (χ3v) is 5.51. The molecule has 0 aromatic carbocycles. The van der Waals surface area contributed by atoms with Crippen molar-refractivity contribution in [1.82, 2.24) is 4.90 Å². The van der Waals surface area contributed by atoms with Crippen LogP contribution in [0.5, 0.6) is 0 Å². The van der Waals surface area contributed by atoms with E-state index >= 15 is 0 Å². The van der Waals surface area contributed by atoms with Gasteiger partial charge in [0.25, 0.3) is 0 Å². The Morgan fingerprint density at radius 3 is 2.28 bits per heavy atom. The summed E-state index contributed by atoms with van der Waals surface area (Å²) >= 11 is 0. The van der Waals surface area contributed by atoms with Crippen LogP contribution in [0.4, 0.5) is 13.2 Å². The summed E-state index contributed by atoms with van der Waals surface area (Å²) in [4.78, 5) is 23.3. The number of nitriles is 1. The first kappa shape index (κ1) is 19.5. The molecule has 0 radical (unpaired) electrons. The molecule has 3 rings (SSSR count). The van der Waals surface area contributed by atoms with Gasteiger partial charge in [-0.3, -0.25) is 4.79 Å². The van der Waals surface area contributed by atoms with E-state index in [1.165, 1.54) is 12.8 Å². The van der Waals surface area contributed by atoms with Crippen LogP contribution in [0.25, 0.3) is 0 Å². The largest absolute Gasteiger partial charge is 0.490 e. The first-order valence-corrected chi connectivity index (χ1v) is 8.29. The molecule has 2 saturated carbocycles. The van der Waals surface area contributed by atoms with Crippen LogP contribution in [-0.2, 0) is 9.59 Å². The van der Waals surface area contributed by atoms with Gasteiger partial charge in [-0.2, -0.15) is 18.4 Å². The van der Waals surface area contributed by atoms with Gasteiger partial charge in [0.2, 0.25) is 5.91 Å². The number of carbonyl (C=O) groups excluding carboxylic acids is 1. The summed E-state index contributed by atoms with van der Waals surface area (Å²) in [6, 6.07) is 1.94. The smallest absolute Gasteiger partial charge is 0.475 e. The van der Waals surface area contributed by atoms with Crippen LogP contribution in [0, 0.1) is 22.7 Å². The van der Waals surface area contributed by atoms with Crippen LogP contribution in [0.2, 0.25) is 0 Å². The van der Waals surface area contributed by atoms with Crippen molar-refractivity contribution in [3.05, 3.63) is 0 Å². The Morgan fingerprint density at radius 1 is 1.32 bits per heavy atom. The maximum absolute atomic E-state index is 12.6. The number of likely N-dealkylation sites (tertiary alicyclic amines) is 1. The van der Waals surface area contributed by atoms with E-state index < -0.39 is 18.2 Å². The van der Waals surface area contributed by atoms with E-state index in [4.69, 9.17) is 20.9 Å². The van der Waals surface area contributed by atoms with Gasteiger partial charge in [-0.05, 0) is 37.0 Å². The molecule has 1 saturated heterocycles. The molecule has 3 fully saturated rings. The van der Waals surface area contributed by atoms with Crippen molar-refractivity contribution in [1.29, 1.82) is 5.26 Å². The molecule has 6 nitrogen and oxygen atoms in total. The van der Waals surface area contributed by atoms with Crippen LogP contribution >= 0.6 is 0 Å². The molecule has 3 aliphatic rings. The lowest BCUT2D eigenvalue weighted by Gasteiger charge is -2.34. The van der Waals surface area contributed by atoms with Crippen molar-refractivity contribution in [2.45, 2.75) is 69.8 Å². The standard InChI is InChI=1S/C14H21N3O.C2HF3O2/c1-14(4-2-3-5-14)12(16)13(18)17-10(8-15)6-9-7-11(9)17;3-2(4,5)1(6)7/h9-12H,2-7,16H2,1H3;(H,6,7)/t9-,10?,11+,12?;/m1./s1. The number of carboxylic acid groups (broad SMARTS) is 1.